The average molecular weight is 236 g/mol. The van der Waals surface area contributed by atoms with Gasteiger partial charge in [-0.15, -0.1) is 0 Å². The zero-order chi connectivity index (χ0) is 11.8. The van der Waals surface area contributed by atoms with Gasteiger partial charge in [0.2, 0.25) is 0 Å². The highest BCUT2D eigenvalue weighted by Crippen LogP contribution is 2.53. The van der Waals surface area contributed by atoms with Crippen molar-refractivity contribution in [1.29, 1.82) is 0 Å². The van der Waals surface area contributed by atoms with Crippen molar-refractivity contribution in [2.45, 2.75) is 37.9 Å². The van der Waals surface area contributed by atoms with E-state index in [0.29, 0.717) is 19.0 Å². The molecule has 1 aliphatic carbocycles. The maximum Gasteiger partial charge on any atom is 0.406 e. The van der Waals surface area contributed by atoms with E-state index in [2.05, 4.69) is 5.32 Å². The summed E-state index contributed by atoms with van der Waals surface area (Å²) in [5, 5.41) is 3.26. The van der Waals surface area contributed by atoms with Crippen LogP contribution in [-0.4, -0.2) is 42.8 Å². The molecule has 1 heterocycles. The summed E-state index contributed by atoms with van der Waals surface area (Å²) < 4.78 is 39.0. The molecule has 1 unspecified atom stereocenters. The number of rotatable bonds is 1. The second kappa shape index (κ2) is 4.18. The lowest BCUT2D eigenvalue weighted by molar-refractivity contribution is -0.198. The Morgan fingerprint density at radius 3 is 2.56 bits per heavy atom. The number of nitrogens with one attached hydrogen (secondary N) is 1. The van der Waals surface area contributed by atoms with Crippen LogP contribution in [0.5, 0.6) is 0 Å². The van der Waals surface area contributed by atoms with E-state index < -0.39 is 11.7 Å². The molecule has 0 spiro atoms. The molecule has 2 fully saturated rings. The Bertz CT molecular complexity index is 248. The van der Waals surface area contributed by atoms with Crippen LogP contribution in [0, 0.1) is 5.92 Å². The number of alkyl halides is 3. The summed E-state index contributed by atoms with van der Waals surface area (Å²) in [5.74, 6) is 0.292. The van der Waals surface area contributed by atoms with E-state index in [-0.39, 0.29) is 12.8 Å². The molecule has 1 atom stereocenters. The van der Waals surface area contributed by atoms with Gasteiger partial charge >= 0.3 is 6.18 Å². The number of nitrogens with zero attached hydrogens (tertiary/aromatic N) is 1. The van der Waals surface area contributed by atoms with Crippen LogP contribution in [0.25, 0.3) is 0 Å². The molecule has 2 nitrogen and oxygen atoms in total. The lowest BCUT2D eigenvalue weighted by Gasteiger charge is -2.36. The Hall–Kier alpha value is -0.290. The van der Waals surface area contributed by atoms with Crippen molar-refractivity contribution >= 4 is 0 Å². The molecule has 1 saturated heterocycles. The summed E-state index contributed by atoms with van der Waals surface area (Å²) in [4.78, 5) is 1.68. The average Bonchev–Trinajstić information content (AvgIpc) is 2.90. The fourth-order valence-corrected chi connectivity index (χ4v) is 2.56. The molecule has 16 heavy (non-hydrogen) atoms. The molecule has 1 aliphatic heterocycles. The summed E-state index contributed by atoms with van der Waals surface area (Å²) >= 11 is 0. The molecule has 1 N–H and O–H groups in total. The van der Waals surface area contributed by atoms with Crippen LogP contribution in [0.1, 0.15) is 26.2 Å². The monoisotopic (exact) mass is 236 g/mol. The van der Waals surface area contributed by atoms with Crippen LogP contribution >= 0.6 is 0 Å². The smallest absolute Gasteiger partial charge is 0.316 e. The van der Waals surface area contributed by atoms with Gasteiger partial charge in [-0.2, -0.15) is 13.2 Å². The minimum atomic E-state index is -4.06. The standard InChI is InChI=1S/C11H19F3N2/c1-9-7-15-5-2-6-16(8-9)10(3-4-10)11(12,13)14/h9,15H,2-8H2,1H3. The zero-order valence-corrected chi connectivity index (χ0v) is 9.61. The molecule has 0 aromatic rings. The van der Waals surface area contributed by atoms with Gasteiger partial charge in [0.1, 0.15) is 5.54 Å². The Morgan fingerprint density at radius 2 is 2.00 bits per heavy atom. The summed E-state index contributed by atoms with van der Waals surface area (Å²) in [6.07, 6.45) is -2.67. The highest BCUT2D eigenvalue weighted by molar-refractivity contribution is 5.09. The van der Waals surface area contributed by atoms with Gasteiger partial charge in [-0.1, -0.05) is 6.92 Å². The van der Waals surface area contributed by atoms with E-state index in [1.54, 1.807) is 4.90 Å². The molecule has 0 amide bonds. The predicted octanol–water partition coefficient (Wildman–Crippen LogP) is 2.01. The van der Waals surface area contributed by atoms with Crippen LogP contribution in [0.3, 0.4) is 0 Å². The SMILES string of the molecule is CC1CNCCCN(C2(C(F)(F)F)CC2)C1. The van der Waals surface area contributed by atoms with Gasteiger partial charge < -0.3 is 5.32 Å². The number of hydrogen-bond acceptors (Lipinski definition) is 2. The molecule has 2 aliphatic rings. The Morgan fingerprint density at radius 1 is 1.31 bits per heavy atom. The minimum absolute atomic E-state index is 0.288. The van der Waals surface area contributed by atoms with E-state index in [0.717, 1.165) is 19.5 Å². The first kappa shape index (κ1) is 12.2. The normalized spacial score (nSPS) is 31.9. The Balaban J connectivity index is 2.06. The quantitative estimate of drug-likeness (QED) is 0.749. The first-order valence-electron chi connectivity index (χ1n) is 5.98. The van der Waals surface area contributed by atoms with Crippen LogP contribution in [0.15, 0.2) is 0 Å². The van der Waals surface area contributed by atoms with E-state index in [1.165, 1.54) is 0 Å². The van der Waals surface area contributed by atoms with Gasteiger partial charge in [0.15, 0.2) is 0 Å². The number of hydrogen-bond donors (Lipinski definition) is 1. The van der Waals surface area contributed by atoms with Gasteiger partial charge in [-0.25, -0.2) is 0 Å². The zero-order valence-electron chi connectivity index (χ0n) is 9.61. The second-order valence-corrected chi connectivity index (χ2v) is 5.14. The third-order valence-corrected chi connectivity index (χ3v) is 3.66. The van der Waals surface area contributed by atoms with Crippen LogP contribution in [0.2, 0.25) is 0 Å². The van der Waals surface area contributed by atoms with E-state index >= 15 is 0 Å². The summed E-state index contributed by atoms with van der Waals surface area (Å²) in [6, 6.07) is 0. The lowest BCUT2D eigenvalue weighted by atomic mass is 10.1. The summed E-state index contributed by atoms with van der Waals surface area (Å²) in [7, 11) is 0. The fourth-order valence-electron chi connectivity index (χ4n) is 2.56. The summed E-state index contributed by atoms with van der Waals surface area (Å²) in [6.45, 7) is 4.79. The van der Waals surface area contributed by atoms with Crippen molar-refractivity contribution in [2.24, 2.45) is 5.92 Å². The minimum Gasteiger partial charge on any atom is -0.316 e. The maximum absolute atomic E-state index is 13.0. The molecule has 1 saturated carbocycles. The first-order valence-corrected chi connectivity index (χ1v) is 5.98. The molecular weight excluding hydrogens is 217 g/mol. The van der Waals surface area contributed by atoms with Crippen molar-refractivity contribution in [2.75, 3.05) is 26.2 Å². The van der Waals surface area contributed by atoms with E-state index in [1.807, 2.05) is 6.92 Å². The van der Waals surface area contributed by atoms with Crippen LogP contribution in [0.4, 0.5) is 13.2 Å². The van der Waals surface area contributed by atoms with Crippen LogP contribution < -0.4 is 5.32 Å². The summed E-state index contributed by atoms with van der Waals surface area (Å²) in [5.41, 5.74) is -1.47. The Kier molecular flexibility index (Phi) is 3.18. The van der Waals surface area contributed by atoms with Crippen molar-refractivity contribution in [3.63, 3.8) is 0 Å². The highest BCUT2D eigenvalue weighted by atomic mass is 19.4. The van der Waals surface area contributed by atoms with Gasteiger partial charge in [-0.3, -0.25) is 4.90 Å². The Labute approximate surface area is 94.2 Å². The van der Waals surface area contributed by atoms with Crippen molar-refractivity contribution < 1.29 is 13.2 Å². The van der Waals surface area contributed by atoms with Gasteiger partial charge in [0, 0.05) is 13.1 Å². The van der Waals surface area contributed by atoms with Crippen molar-refractivity contribution in [1.82, 2.24) is 10.2 Å². The van der Waals surface area contributed by atoms with E-state index in [9.17, 15) is 13.2 Å². The van der Waals surface area contributed by atoms with Crippen molar-refractivity contribution in [3.05, 3.63) is 0 Å². The fraction of sp³-hybridized carbons (Fsp3) is 1.00. The topological polar surface area (TPSA) is 15.3 Å². The lowest BCUT2D eigenvalue weighted by Crippen LogP contribution is -2.52. The molecule has 94 valence electrons. The van der Waals surface area contributed by atoms with E-state index in [4.69, 9.17) is 0 Å². The first-order chi connectivity index (χ1) is 7.46. The van der Waals surface area contributed by atoms with Crippen LogP contribution in [-0.2, 0) is 0 Å². The van der Waals surface area contributed by atoms with Gasteiger partial charge in [0.25, 0.3) is 0 Å². The maximum atomic E-state index is 13.0. The van der Waals surface area contributed by atoms with Crippen molar-refractivity contribution in [3.8, 4) is 0 Å². The largest absolute Gasteiger partial charge is 0.406 e. The van der Waals surface area contributed by atoms with Gasteiger partial charge in [-0.05, 0) is 38.3 Å². The third-order valence-electron chi connectivity index (χ3n) is 3.66. The molecule has 0 aromatic carbocycles. The molecule has 2 rings (SSSR count). The predicted molar refractivity (Wildman–Crippen MR) is 56.2 cm³/mol. The third kappa shape index (κ3) is 2.20. The molecular formula is C11H19F3N2. The highest BCUT2D eigenvalue weighted by Gasteiger charge is 2.66. The molecule has 0 bridgehead atoms. The molecule has 0 aromatic heterocycles. The number of halogens is 3. The second-order valence-electron chi connectivity index (χ2n) is 5.14. The molecule has 0 radical (unpaired) electrons. The molecule has 5 heteroatoms. The van der Waals surface area contributed by atoms with Gasteiger partial charge in [0.05, 0.1) is 0 Å².